The van der Waals surface area contributed by atoms with E-state index in [1.54, 1.807) is 7.11 Å². The Bertz CT molecular complexity index is 210. The molecule has 5 nitrogen and oxygen atoms in total. The minimum atomic E-state index is -0.533. The van der Waals surface area contributed by atoms with E-state index in [0.29, 0.717) is 25.9 Å². The van der Waals surface area contributed by atoms with Crippen molar-refractivity contribution in [3.05, 3.63) is 0 Å². The number of hydrogen-bond donors (Lipinski definition) is 3. The van der Waals surface area contributed by atoms with Crippen LogP contribution in [0.15, 0.2) is 0 Å². The van der Waals surface area contributed by atoms with Gasteiger partial charge < -0.3 is 20.9 Å². The standard InChI is InChI=1S/C12H26N2O3/c1-4-12(5-2,9-15)14-11(16)10(13)7-6-8-17-3/h10,15H,4-9,13H2,1-3H3,(H,14,16). The Morgan fingerprint density at radius 1 is 1.47 bits per heavy atom. The van der Waals surface area contributed by atoms with E-state index in [-0.39, 0.29) is 12.5 Å². The van der Waals surface area contributed by atoms with Gasteiger partial charge in [-0.3, -0.25) is 4.79 Å². The maximum absolute atomic E-state index is 11.8. The molecule has 5 heteroatoms. The van der Waals surface area contributed by atoms with Gasteiger partial charge in [0.05, 0.1) is 18.2 Å². The third-order valence-electron chi connectivity index (χ3n) is 3.24. The van der Waals surface area contributed by atoms with E-state index in [1.807, 2.05) is 13.8 Å². The molecule has 0 aromatic carbocycles. The first-order chi connectivity index (χ1) is 8.05. The van der Waals surface area contributed by atoms with Gasteiger partial charge in [0.25, 0.3) is 0 Å². The topological polar surface area (TPSA) is 84.6 Å². The van der Waals surface area contributed by atoms with Crippen LogP contribution in [0.4, 0.5) is 0 Å². The highest BCUT2D eigenvalue weighted by molar-refractivity contribution is 5.82. The first-order valence-electron chi connectivity index (χ1n) is 6.22. The van der Waals surface area contributed by atoms with Gasteiger partial charge >= 0.3 is 0 Å². The average Bonchev–Trinajstić information content (AvgIpc) is 2.36. The fraction of sp³-hybridized carbons (Fsp3) is 0.917. The number of rotatable bonds is 9. The molecular formula is C12H26N2O3. The highest BCUT2D eigenvalue weighted by Gasteiger charge is 2.28. The second-order valence-corrected chi connectivity index (χ2v) is 4.38. The van der Waals surface area contributed by atoms with Crippen LogP contribution in [-0.4, -0.2) is 42.9 Å². The monoisotopic (exact) mass is 246 g/mol. The summed E-state index contributed by atoms with van der Waals surface area (Å²) >= 11 is 0. The number of ether oxygens (including phenoxy) is 1. The number of amides is 1. The number of hydrogen-bond acceptors (Lipinski definition) is 4. The second-order valence-electron chi connectivity index (χ2n) is 4.38. The molecule has 1 atom stereocenters. The molecule has 0 fully saturated rings. The van der Waals surface area contributed by atoms with Crippen LogP contribution in [0.1, 0.15) is 39.5 Å². The van der Waals surface area contributed by atoms with Crippen LogP contribution in [0, 0.1) is 0 Å². The zero-order valence-electron chi connectivity index (χ0n) is 11.2. The first-order valence-corrected chi connectivity index (χ1v) is 6.22. The summed E-state index contributed by atoms with van der Waals surface area (Å²) in [4.78, 5) is 11.8. The number of carbonyl (C=O) groups is 1. The molecule has 0 saturated heterocycles. The highest BCUT2D eigenvalue weighted by Crippen LogP contribution is 2.14. The van der Waals surface area contributed by atoms with Crippen LogP contribution in [0.25, 0.3) is 0 Å². The van der Waals surface area contributed by atoms with E-state index in [1.165, 1.54) is 0 Å². The maximum atomic E-state index is 11.8. The van der Waals surface area contributed by atoms with Crippen molar-refractivity contribution in [2.45, 2.75) is 51.1 Å². The molecule has 0 spiro atoms. The largest absolute Gasteiger partial charge is 0.394 e. The van der Waals surface area contributed by atoms with Crippen LogP contribution in [0.2, 0.25) is 0 Å². The number of nitrogens with two attached hydrogens (primary N) is 1. The Balaban J connectivity index is 4.21. The fourth-order valence-corrected chi connectivity index (χ4v) is 1.62. The molecule has 0 bridgehead atoms. The summed E-state index contributed by atoms with van der Waals surface area (Å²) in [5.74, 6) is -0.196. The Morgan fingerprint density at radius 2 is 2.06 bits per heavy atom. The van der Waals surface area contributed by atoms with Crippen LogP contribution < -0.4 is 11.1 Å². The van der Waals surface area contributed by atoms with Crippen molar-refractivity contribution in [1.29, 1.82) is 0 Å². The smallest absolute Gasteiger partial charge is 0.237 e. The molecule has 4 N–H and O–H groups in total. The third-order valence-corrected chi connectivity index (χ3v) is 3.24. The molecule has 0 aliphatic heterocycles. The van der Waals surface area contributed by atoms with Gasteiger partial charge in [0, 0.05) is 13.7 Å². The zero-order valence-corrected chi connectivity index (χ0v) is 11.2. The van der Waals surface area contributed by atoms with Crippen molar-refractivity contribution in [3.63, 3.8) is 0 Å². The molecular weight excluding hydrogens is 220 g/mol. The van der Waals surface area contributed by atoms with Gasteiger partial charge in [-0.2, -0.15) is 0 Å². The van der Waals surface area contributed by atoms with Crippen molar-refractivity contribution in [1.82, 2.24) is 5.32 Å². The van der Waals surface area contributed by atoms with Gasteiger partial charge in [-0.05, 0) is 25.7 Å². The average molecular weight is 246 g/mol. The fourth-order valence-electron chi connectivity index (χ4n) is 1.62. The van der Waals surface area contributed by atoms with Crippen molar-refractivity contribution >= 4 is 5.91 Å². The van der Waals surface area contributed by atoms with Crippen molar-refractivity contribution < 1.29 is 14.6 Å². The van der Waals surface area contributed by atoms with Crippen molar-refractivity contribution in [2.24, 2.45) is 5.73 Å². The van der Waals surface area contributed by atoms with Crippen molar-refractivity contribution in [3.8, 4) is 0 Å². The molecule has 1 amide bonds. The third kappa shape index (κ3) is 5.48. The number of aliphatic hydroxyl groups is 1. The molecule has 0 heterocycles. The SMILES string of the molecule is CCC(CC)(CO)NC(=O)C(N)CCCOC. The summed E-state index contributed by atoms with van der Waals surface area (Å²) in [7, 11) is 1.62. The van der Waals surface area contributed by atoms with Gasteiger partial charge in [0.2, 0.25) is 5.91 Å². The number of carbonyl (C=O) groups excluding carboxylic acids is 1. The molecule has 102 valence electrons. The minimum absolute atomic E-state index is 0.0590. The lowest BCUT2D eigenvalue weighted by Gasteiger charge is -2.31. The van der Waals surface area contributed by atoms with E-state index < -0.39 is 11.6 Å². The molecule has 0 rings (SSSR count). The summed E-state index contributed by atoms with van der Waals surface area (Å²) in [6, 6.07) is -0.533. The van der Waals surface area contributed by atoms with E-state index in [2.05, 4.69) is 5.32 Å². The van der Waals surface area contributed by atoms with E-state index in [9.17, 15) is 9.90 Å². The Morgan fingerprint density at radius 3 is 2.47 bits per heavy atom. The van der Waals surface area contributed by atoms with E-state index >= 15 is 0 Å². The predicted octanol–water partition coefficient (Wildman–Crippen LogP) is 0.408. The summed E-state index contributed by atoms with van der Waals surface area (Å²) in [6.45, 7) is 4.43. The Kier molecular flexibility index (Phi) is 8.12. The van der Waals surface area contributed by atoms with Gasteiger partial charge in [-0.1, -0.05) is 13.8 Å². The van der Waals surface area contributed by atoms with Crippen molar-refractivity contribution in [2.75, 3.05) is 20.3 Å². The van der Waals surface area contributed by atoms with Gasteiger partial charge in [0.1, 0.15) is 0 Å². The lowest BCUT2D eigenvalue weighted by Crippen LogP contribution is -2.55. The maximum Gasteiger partial charge on any atom is 0.237 e. The summed E-state index contributed by atoms with van der Waals surface area (Å²) in [6.07, 6.45) is 2.73. The molecule has 0 aromatic heterocycles. The second kappa shape index (κ2) is 8.44. The predicted molar refractivity (Wildman–Crippen MR) is 67.6 cm³/mol. The first kappa shape index (κ1) is 16.4. The van der Waals surface area contributed by atoms with Crippen LogP contribution in [-0.2, 0) is 9.53 Å². The zero-order chi connectivity index (χ0) is 13.3. The van der Waals surface area contributed by atoms with E-state index in [0.717, 1.165) is 6.42 Å². The molecule has 1 unspecified atom stereocenters. The quantitative estimate of drug-likeness (QED) is 0.514. The van der Waals surface area contributed by atoms with Gasteiger partial charge in [0.15, 0.2) is 0 Å². The number of aliphatic hydroxyl groups excluding tert-OH is 1. The van der Waals surface area contributed by atoms with Gasteiger partial charge in [-0.15, -0.1) is 0 Å². The summed E-state index contributed by atoms with van der Waals surface area (Å²) in [5, 5.41) is 12.2. The minimum Gasteiger partial charge on any atom is -0.394 e. The molecule has 17 heavy (non-hydrogen) atoms. The molecule has 0 aliphatic carbocycles. The van der Waals surface area contributed by atoms with Crippen LogP contribution >= 0.6 is 0 Å². The molecule has 0 aliphatic rings. The highest BCUT2D eigenvalue weighted by atomic mass is 16.5. The number of methoxy groups -OCH3 is 1. The van der Waals surface area contributed by atoms with Crippen LogP contribution in [0.5, 0.6) is 0 Å². The lowest BCUT2D eigenvalue weighted by molar-refractivity contribution is -0.125. The van der Waals surface area contributed by atoms with Gasteiger partial charge in [-0.25, -0.2) is 0 Å². The molecule has 0 aromatic rings. The molecule has 0 radical (unpaired) electrons. The van der Waals surface area contributed by atoms with Crippen LogP contribution in [0.3, 0.4) is 0 Å². The Hall–Kier alpha value is -0.650. The summed E-state index contributed by atoms with van der Waals surface area (Å²) < 4.78 is 4.91. The number of nitrogens with one attached hydrogen (secondary N) is 1. The molecule has 0 saturated carbocycles. The Labute approximate surface area is 104 Å². The lowest BCUT2D eigenvalue weighted by atomic mass is 9.93. The summed E-state index contributed by atoms with van der Waals surface area (Å²) in [5.41, 5.74) is 5.25. The van der Waals surface area contributed by atoms with E-state index in [4.69, 9.17) is 10.5 Å². The normalized spacial score (nSPS) is 13.5.